The van der Waals surface area contributed by atoms with Crippen molar-refractivity contribution in [3.8, 4) is 0 Å². The van der Waals surface area contributed by atoms with Gasteiger partial charge in [0, 0.05) is 24.3 Å². The van der Waals surface area contributed by atoms with Crippen LogP contribution in [-0.2, 0) is 14.6 Å². The van der Waals surface area contributed by atoms with Gasteiger partial charge in [-0.05, 0) is 6.42 Å². The summed E-state index contributed by atoms with van der Waals surface area (Å²) in [7, 11) is -3.39. The number of amides is 2. The number of carboxylic acids is 1. The largest absolute Gasteiger partial charge is 0.480 e. The molecule has 1 fully saturated rings. The van der Waals surface area contributed by atoms with Crippen LogP contribution in [0.5, 0.6) is 0 Å². The number of rotatable bonds is 5. The number of nitrogens with zero attached hydrogens (tertiary/aromatic N) is 1. The van der Waals surface area contributed by atoms with E-state index in [1.54, 1.807) is 0 Å². The van der Waals surface area contributed by atoms with Gasteiger partial charge >= 0.3 is 12.0 Å². The molecule has 0 aliphatic carbocycles. The molecule has 1 unspecified atom stereocenters. The fraction of sp³-hybridized carbons (Fsp3) is 0.818. The average molecular weight is 324 g/mol. The normalized spacial score (nSPS) is 21.3. The molecule has 20 heavy (non-hydrogen) atoms. The van der Waals surface area contributed by atoms with Gasteiger partial charge in [0.2, 0.25) is 0 Å². The topological polar surface area (TPSA) is 104 Å². The van der Waals surface area contributed by atoms with Crippen LogP contribution in [0.3, 0.4) is 0 Å². The third kappa shape index (κ3) is 4.55. The zero-order valence-electron chi connectivity index (χ0n) is 11.5. The van der Waals surface area contributed by atoms with E-state index >= 15 is 0 Å². The van der Waals surface area contributed by atoms with Crippen molar-refractivity contribution in [1.82, 2.24) is 10.2 Å². The SMILES string of the molecule is CCC[C@@H](NC(=O)N1CCSCC1S(C)(=O)=O)C(=O)O. The Morgan fingerprint density at radius 3 is 2.65 bits per heavy atom. The minimum Gasteiger partial charge on any atom is -0.480 e. The Morgan fingerprint density at radius 1 is 1.50 bits per heavy atom. The second-order valence-corrected chi connectivity index (χ2v) is 8.03. The highest BCUT2D eigenvalue weighted by Gasteiger charge is 2.35. The maximum Gasteiger partial charge on any atom is 0.326 e. The molecule has 1 saturated heterocycles. The molecule has 0 saturated carbocycles. The van der Waals surface area contributed by atoms with Gasteiger partial charge in [0.1, 0.15) is 11.4 Å². The van der Waals surface area contributed by atoms with Gasteiger partial charge in [0.15, 0.2) is 9.84 Å². The van der Waals surface area contributed by atoms with Crippen LogP contribution >= 0.6 is 11.8 Å². The molecule has 2 amide bonds. The molecule has 116 valence electrons. The van der Waals surface area contributed by atoms with Crippen LogP contribution in [0.4, 0.5) is 4.79 Å². The lowest BCUT2D eigenvalue weighted by atomic mass is 10.2. The van der Waals surface area contributed by atoms with E-state index in [-0.39, 0.29) is 0 Å². The molecule has 0 aromatic carbocycles. The van der Waals surface area contributed by atoms with Gasteiger partial charge in [0.25, 0.3) is 0 Å². The number of urea groups is 1. The Kier molecular flexibility index (Phi) is 6.12. The smallest absolute Gasteiger partial charge is 0.326 e. The summed E-state index contributed by atoms with van der Waals surface area (Å²) in [5.41, 5.74) is 0. The monoisotopic (exact) mass is 324 g/mol. The Morgan fingerprint density at radius 2 is 2.15 bits per heavy atom. The van der Waals surface area contributed by atoms with E-state index < -0.39 is 33.3 Å². The van der Waals surface area contributed by atoms with Gasteiger partial charge in [-0.1, -0.05) is 13.3 Å². The molecule has 9 heteroatoms. The van der Waals surface area contributed by atoms with Crippen molar-refractivity contribution in [1.29, 1.82) is 0 Å². The first kappa shape index (κ1) is 17.1. The van der Waals surface area contributed by atoms with Crippen LogP contribution < -0.4 is 5.32 Å². The first-order chi connectivity index (χ1) is 9.27. The molecule has 1 rings (SSSR count). The van der Waals surface area contributed by atoms with Gasteiger partial charge < -0.3 is 15.3 Å². The number of aliphatic carboxylic acids is 1. The van der Waals surface area contributed by atoms with E-state index in [1.165, 1.54) is 16.7 Å². The van der Waals surface area contributed by atoms with Crippen LogP contribution in [0.1, 0.15) is 19.8 Å². The molecule has 0 aromatic rings. The van der Waals surface area contributed by atoms with E-state index in [9.17, 15) is 18.0 Å². The van der Waals surface area contributed by atoms with Gasteiger partial charge in [-0.3, -0.25) is 0 Å². The van der Waals surface area contributed by atoms with Crippen molar-refractivity contribution in [3.63, 3.8) is 0 Å². The maximum absolute atomic E-state index is 12.1. The van der Waals surface area contributed by atoms with Crippen LogP contribution in [0.25, 0.3) is 0 Å². The van der Waals surface area contributed by atoms with Crippen molar-refractivity contribution in [2.75, 3.05) is 24.3 Å². The lowest BCUT2D eigenvalue weighted by Crippen LogP contribution is -2.56. The fourth-order valence-corrected chi connectivity index (χ4v) is 4.76. The fourth-order valence-electron chi connectivity index (χ4n) is 1.95. The number of nitrogens with one attached hydrogen (secondary N) is 1. The quantitative estimate of drug-likeness (QED) is 0.757. The second-order valence-electron chi connectivity index (χ2n) is 4.68. The number of carbonyl (C=O) groups is 2. The molecule has 1 aliphatic heterocycles. The standard InChI is InChI=1S/C11H20N2O5S2/c1-3-4-8(10(14)15)12-11(16)13-5-6-19-7-9(13)20(2,17)18/h8-9H,3-7H2,1-2H3,(H,12,16)(H,14,15)/t8-,9?/m1/s1. The van der Waals surface area contributed by atoms with E-state index in [2.05, 4.69) is 5.32 Å². The zero-order chi connectivity index (χ0) is 15.3. The van der Waals surface area contributed by atoms with Crippen LogP contribution in [0.2, 0.25) is 0 Å². The molecule has 2 atom stereocenters. The average Bonchev–Trinajstić information content (AvgIpc) is 2.37. The minimum atomic E-state index is -3.39. The molecular weight excluding hydrogens is 304 g/mol. The second kappa shape index (κ2) is 7.16. The highest BCUT2D eigenvalue weighted by atomic mass is 32.2. The predicted octanol–water partition coefficient (Wildman–Crippen LogP) is 0.369. The number of carbonyl (C=O) groups excluding carboxylic acids is 1. The van der Waals surface area contributed by atoms with Crippen molar-refractivity contribution in [2.45, 2.75) is 31.2 Å². The van der Waals surface area contributed by atoms with E-state index in [0.717, 1.165) is 6.26 Å². The highest BCUT2D eigenvalue weighted by Crippen LogP contribution is 2.20. The Labute approximate surface area is 123 Å². The van der Waals surface area contributed by atoms with E-state index in [1.807, 2.05) is 6.92 Å². The first-order valence-corrected chi connectivity index (χ1v) is 9.44. The molecule has 1 heterocycles. The molecule has 0 spiro atoms. The summed E-state index contributed by atoms with van der Waals surface area (Å²) in [4.78, 5) is 24.4. The molecular formula is C11H20N2O5S2. The molecule has 0 radical (unpaired) electrons. The van der Waals surface area contributed by atoms with Crippen molar-refractivity contribution in [3.05, 3.63) is 0 Å². The lowest BCUT2D eigenvalue weighted by molar-refractivity contribution is -0.139. The third-order valence-electron chi connectivity index (χ3n) is 3.01. The number of hydrogen-bond acceptors (Lipinski definition) is 5. The summed E-state index contributed by atoms with van der Waals surface area (Å²) >= 11 is 1.47. The van der Waals surface area contributed by atoms with E-state index in [0.29, 0.717) is 30.9 Å². The zero-order valence-corrected chi connectivity index (χ0v) is 13.2. The number of thioether (sulfide) groups is 1. The van der Waals surface area contributed by atoms with Gasteiger partial charge in [-0.2, -0.15) is 11.8 Å². The molecule has 1 aliphatic rings. The lowest BCUT2D eigenvalue weighted by Gasteiger charge is -2.34. The summed E-state index contributed by atoms with van der Waals surface area (Å²) in [6, 6.07) is -1.61. The summed E-state index contributed by atoms with van der Waals surface area (Å²) in [6.45, 7) is 2.12. The summed E-state index contributed by atoms with van der Waals surface area (Å²) < 4.78 is 23.4. The number of carboxylic acid groups (broad SMARTS) is 1. The molecule has 0 bridgehead atoms. The van der Waals surface area contributed by atoms with Gasteiger partial charge in [-0.15, -0.1) is 0 Å². The Bertz CT molecular complexity index is 465. The summed E-state index contributed by atoms with van der Waals surface area (Å²) in [5, 5.41) is 10.5. The van der Waals surface area contributed by atoms with Crippen LogP contribution in [0.15, 0.2) is 0 Å². The van der Waals surface area contributed by atoms with Crippen molar-refractivity contribution < 1.29 is 23.1 Å². The van der Waals surface area contributed by atoms with Crippen molar-refractivity contribution >= 4 is 33.6 Å². The Balaban J connectivity index is 2.80. The first-order valence-electron chi connectivity index (χ1n) is 6.34. The maximum atomic E-state index is 12.1. The van der Waals surface area contributed by atoms with Crippen molar-refractivity contribution in [2.24, 2.45) is 0 Å². The molecule has 0 aromatic heterocycles. The highest BCUT2D eigenvalue weighted by molar-refractivity contribution is 8.00. The van der Waals surface area contributed by atoms with Crippen LogP contribution in [-0.4, -0.2) is 66.1 Å². The number of sulfone groups is 1. The summed E-state index contributed by atoms with van der Waals surface area (Å²) in [6.07, 6.45) is 2.01. The van der Waals surface area contributed by atoms with Gasteiger partial charge in [0.05, 0.1) is 0 Å². The van der Waals surface area contributed by atoms with Crippen LogP contribution in [0, 0.1) is 0 Å². The van der Waals surface area contributed by atoms with E-state index in [4.69, 9.17) is 5.11 Å². The molecule has 2 N–H and O–H groups in total. The molecule has 7 nitrogen and oxygen atoms in total. The minimum absolute atomic E-state index is 0.298. The third-order valence-corrected chi connectivity index (χ3v) is 5.66. The Hall–Kier alpha value is -0.960. The summed E-state index contributed by atoms with van der Waals surface area (Å²) in [5.74, 6) is -0.148. The number of hydrogen-bond donors (Lipinski definition) is 2. The van der Waals surface area contributed by atoms with Gasteiger partial charge in [-0.25, -0.2) is 18.0 Å². The predicted molar refractivity (Wildman–Crippen MR) is 77.5 cm³/mol.